The van der Waals surface area contributed by atoms with Gasteiger partial charge in [-0.2, -0.15) is 0 Å². The molecule has 0 saturated heterocycles. The van der Waals surface area contributed by atoms with Crippen molar-refractivity contribution >= 4 is 72.7 Å². The molecule has 55 heavy (non-hydrogen) atoms. The third-order valence-corrected chi connectivity index (χ3v) is 11.6. The largest absolute Gasteiger partial charge is 0.488 e. The van der Waals surface area contributed by atoms with E-state index in [2.05, 4.69) is 221 Å². The molecule has 7 aromatic carbocycles. The number of halogens is 4. The summed E-state index contributed by atoms with van der Waals surface area (Å²) < 4.78 is 2.25. The lowest BCUT2D eigenvalue weighted by molar-refractivity contribution is 0.426. The summed E-state index contributed by atoms with van der Waals surface area (Å²) in [6.07, 6.45) is 0. The minimum atomic E-state index is -1.34. The van der Waals surface area contributed by atoms with Crippen molar-refractivity contribution in [2.75, 3.05) is 0 Å². The molecular formula is C48H41BBr4O2. The van der Waals surface area contributed by atoms with Crippen molar-refractivity contribution in [1.82, 2.24) is 0 Å². The average Bonchev–Trinajstić information content (AvgIpc) is 3.58. The van der Waals surface area contributed by atoms with Gasteiger partial charge in [-0.1, -0.05) is 187 Å². The predicted molar refractivity (Wildman–Crippen MR) is 248 cm³/mol. The monoisotopic (exact) mass is 976 g/mol. The van der Waals surface area contributed by atoms with Gasteiger partial charge in [-0.05, 0) is 109 Å². The first kappa shape index (κ1) is 41.1. The molecule has 2 aliphatic rings. The van der Waals surface area contributed by atoms with Crippen LogP contribution in [-0.4, -0.2) is 17.2 Å². The third-order valence-electron chi connectivity index (χ3n) is 10.6. The summed E-state index contributed by atoms with van der Waals surface area (Å²) in [6, 6.07) is 56.9. The van der Waals surface area contributed by atoms with Crippen molar-refractivity contribution in [3.8, 4) is 44.5 Å². The standard InChI is InChI=1S/C21H16Br2.C21H18.C6H7BO2.Br2/c1-21(2)19-11-14(13-3-6-15(22)7-4-13)5-9-17(19)18-10-8-16(23)12-20(18)21;1-21(2)19-11-7-6-10-17(19)18-13-12-16(14-20(18)21)15-8-4-3-5-9-15;8-7(9)6-4-2-1-3-5-6;1-2/h3-12H,1-2H3;3-14H,1-2H3;1-5,8-9H;. The van der Waals surface area contributed by atoms with E-state index in [0.29, 0.717) is 5.46 Å². The Morgan fingerprint density at radius 1 is 0.382 bits per heavy atom. The van der Waals surface area contributed by atoms with Crippen LogP contribution in [0.15, 0.2) is 173 Å². The maximum atomic E-state index is 8.58. The maximum absolute atomic E-state index is 8.58. The van der Waals surface area contributed by atoms with Gasteiger partial charge in [-0.15, -0.1) is 0 Å². The second kappa shape index (κ2) is 17.7. The molecular weight excluding hydrogens is 939 g/mol. The molecule has 0 aliphatic heterocycles. The van der Waals surface area contributed by atoms with Crippen molar-refractivity contribution < 1.29 is 10.0 Å². The van der Waals surface area contributed by atoms with E-state index >= 15 is 0 Å². The zero-order chi connectivity index (χ0) is 39.3. The van der Waals surface area contributed by atoms with Gasteiger partial charge in [0.1, 0.15) is 0 Å². The van der Waals surface area contributed by atoms with Crippen LogP contribution in [-0.2, 0) is 10.8 Å². The Bertz CT molecular complexity index is 2390. The molecule has 276 valence electrons. The molecule has 2 nitrogen and oxygen atoms in total. The number of hydrogen-bond donors (Lipinski definition) is 2. The smallest absolute Gasteiger partial charge is 0.423 e. The Kier molecular flexibility index (Phi) is 13.2. The number of hydrogen-bond acceptors (Lipinski definition) is 2. The van der Waals surface area contributed by atoms with Crippen LogP contribution in [0.2, 0.25) is 0 Å². The number of fused-ring (bicyclic) bond motifs is 6. The minimum Gasteiger partial charge on any atom is -0.423 e. The maximum Gasteiger partial charge on any atom is 0.488 e. The fraction of sp³-hybridized carbons (Fsp3) is 0.125. The fourth-order valence-corrected chi connectivity index (χ4v) is 8.30. The van der Waals surface area contributed by atoms with Crippen molar-refractivity contribution in [2.24, 2.45) is 0 Å². The SMILES string of the molecule is BrBr.CC1(C)c2cc(Br)ccc2-c2ccc(-c3ccc(Br)cc3)cc21.CC1(C)c2ccccc2-c2ccc(-c3ccccc3)cc21.OB(O)c1ccccc1. The molecule has 7 aromatic rings. The third kappa shape index (κ3) is 8.73. The summed E-state index contributed by atoms with van der Waals surface area (Å²) in [4.78, 5) is 0. The Morgan fingerprint density at radius 3 is 1.29 bits per heavy atom. The van der Waals surface area contributed by atoms with Gasteiger partial charge in [-0.3, -0.25) is 0 Å². The molecule has 0 aromatic heterocycles. The summed E-state index contributed by atoms with van der Waals surface area (Å²) in [5.41, 5.74) is 16.9. The first-order chi connectivity index (χ1) is 26.4. The van der Waals surface area contributed by atoms with Crippen molar-refractivity contribution in [1.29, 1.82) is 0 Å². The van der Waals surface area contributed by atoms with Gasteiger partial charge in [0.05, 0.1) is 0 Å². The zero-order valence-corrected chi connectivity index (χ0v) is 37.4. The van der Waals surface area contributed by atoms with E-state index in [1.54, 1.807) is 24.3 Å². The highest BCUT2D eigenvalue weighted by atomic mass is 80.9. The normalized spacial score (nSPS) is 13.2. The van der Waals surface area contributed by atoms with Gasteiger partial charge in [0.25, 0.3) is 0 Å². The van der Waals surface area contributed by atoms with Gasteiger partial charge in [0, 0.05) is 48.0 Å². The van der Waals surface area contributed by atoms with Gasteiger partial charge in [0.15, 0.2) is 0 Å². The molecule has 7 heteroatoms. The van der Waals surface area contributed by atoms with Gasteiger partial charge in [-0.25, -0.2) is 0 Å². The molecule has 0 amide bonds. The van der Waals surface area contributed by atoms with Gasteiger partial charge < -0.3 is 10.0 Å². The lowest BCUT2D eigenvalue weighted by Gasteiger charge is -2.22. The number of benzene rings is 7. The van der Waals surface area contributed by atoms with Crippen LogP contribution in [0.3, 0.4) is 0 Å². The summed E-state index contributed by atoms with van der Waals surface area (Å²) in [7, 11) is -1.34. The van der Waals surface area contributed by atoms with Crippen LogP contribution in [0, 0.1) is 0 Å². The Balaban J connectivity index is 0.000000149. The van der Waals surface area contributed by atoms with Crippen molar-refractivity contribution in [2.45, 2.75) is 38.5 Å². The second-order valence-electron chi connectivity index (χ2n) is 14.7. The highest BCUT2D eigenvalue weighted by Crippen LogP contribution is 2.51. The van der Waals surface area contributed by atoms with Crippen LogP contribution < -0.4 is 5.46 Å². The highest BCUT2D eigenvalue weighted by molar-refractivity contribution is 9.93. The predicted octanol–water partition coefficient (Wildman–Crippen LogP) is 13.9. The molecule has 2 N–H and O–H groups in total. The van der Waals surface area contributed by atoms with Crippen LogP contribution in [0.25, 0.3) is 44.5 Å². The molecule has 0 saturated carbocycles. The molecule has 0 radical (unpaired) electrons. The molecule has 0 heterocycles. The summed E-state index contributed by atoms with van der Waals surface area (Å²) >= 11 is 12.6. The zero-order valence-electron chi connectivity index (χ0n) is 31.1. The van der Waals surface area contributed by atoms with E-state index in [0.717, 1.165) is 8.95 Å². The molecule has 0 fully saturated rings. The summed E-state index contributed by atoms with van der Waals surface area (Å²) in [5, 5.41) is 17.2. The van der Waals surface area contributed by atoms with Crippen LogP contribution in [0.5, 0.6) is 0 Å². The van der Waals surface area contributed by atoms with Crippen molar-refractivity contribution in [3.05, 3.63) is 195 Å². The number of rotatable bonds is 3. The second-order valence-corrected chi connectivity index (χ2v) is 16.5. The van der Waals surface area contributed by atoms with E-state index < -0.39 is 7.12 Å². The summed E-state index contributed by atoms with van der Waals surface area (Å²) in [6.45, 7) is 9.28. The summed E-state index contributed by atoms with van der Waals surface area (Å²) in [5.74, 6) is 0. The lowest BCUT2D eigenvalue weighted by Crippen LogP contribution is -2.29. The Morgan fingerprint density at radius 2 is 0.764 bits per heavy atom. The van der Waals surface area contributed by atoms with E-state index in [4.69, 9.17) is 10.0 Å². The van der Waals surface area contributed by atoms with Crippen molar-refractivity contribution in [3.63, 3.8) is 0 Å². The van der Waals surface area contributed by atoms with Crippen LogP contribution in [0.4, 0.5) is 0 Å². The average molecular weight is 980 g/mol. The van der Waals surface area contributed by atoms with E-state index in [9.17, 15) is 0 Å². The Labute approximate surface area is 357 Å². The fourth-order valence-electron chi connectivity index (χ4n) is 7.67. The lowest BCUT2D eigenvalue weighted by atomic mass is 9.81. The van der Waals surface area contributed by atoms with E-state index in [1.165, 1.54) is 66.8 Å². The molecule has 2 aliphatic carbocycles. The molecule has 0 bridgehead atoms. The molecule has 0 atom stereocenters. The van der Waals surface area contributed by atoms with Crippen LogP contribution >= 0.6 is 60.1 Å². The molecule has 0 spiro atoms. The van der Waals surface area contributed by atoms with Gasteiger partial charge in [0.2, 0.25) is 0 Å². The molecule has 9 rings (SSSR count). The quantitative estimate of drug-likeness (QED) is 0.173. The first-order valence-electron chi connectivity index (χ1n) is 18.0. The Hall–Kier alpha value is -3.56. The van der Waals surface area contributed by atoms with E-state index in [1.807, 2.05) is 6.07 Å². The van der Waals surface area contributed by atoms with Crippen LogP contribution in [0.1, 0.15) is 49.9 Å². The molecule has 0 unspecified atom stereocenters. The highest BCUT2D eigenvalue weighted by Gasteiger charge is 2.36. The first-order valence-corrected chi connectivity index (χ1v) is 23.3. The van der Waals surface area contributed by atoms with E-state index in [-0.39, 0.29) is 10.8 Å². The minimum absolute atomic E-state index is 0.0276. The van der Waals surface area contributed by atoms with Gasteiger partial charge >= 0.3 is 7.12 Å². The topological polar surface area (TPSA) is 40.5 Å².